The Morgan fingerprint density at radius 3 is 2.80 bits per heavy atom. The number of pyridine rings is 1. The van der Waals surface area contributed by atoms with Gasteiger partial charge >= 0.3 is 6.18 Å². The molecule has 1 saturated heterocycles. The Kier molecular flexibility index (Phi) is 3.59. The molecule has 1 aromatic heterocycles. The Balaban J connectivity index is 2.26. The van der Waals surface area contributed by atoms with Crippen molar-refractivity contribution in [3.05, 3.63) is 23.9 Å². The van der Waals surface area contributed by atoms with Crippen LogP contribution in [0.25, 0.3) is 0 Å². The van der Waals surface area contributed by atoms with Gasteiger partial charge in [0.1, 0.15) is 5.82 Å². The maximum atomic E-state index is 12.6. The van der Waals surface area contributed by atoms with Crippen molar-refractivity contribution >= 4 is 11.7 Å². The number of carbonyl (C=O) groups excluding carboxylic acids is 1. The lowest BCUT2D eigenvalue weighted by Gasteiger charge is -2.37. The van der Waals surface area contributed by atoms with Crippen LogP contribution in [0.4, 0.5) is 19.0 Å². The van der Waals surface area contributed by atoms with Crippen molar-refractivity contribution in [2.45, 2.75) is 24.6 Å². The first-order valence-electron chi connectivity index (χ1n) is 6.03. The van der Waals surface area contributed by atoms with Crippen LogP contribution in [0.1, 0.15) is 18.4 Å². The van der Waals surface area contributed by atoms with E-state index >= 15 is 0 Å². The van der Waals surface area contributed by atoms with Gasteiger partial charge in [0.2, 0.25) is 0 Å². The molecule has 0 radical (unpaired) electrons. The van der Waals surface area contributed by atoms with Crippen LogP contribution in [0.15, 0.2) is 18.3 Å². The number of amides is 1. The lowest BCUT2D eigenvalue weighted by atomic mass is 9.92. The van der Waals surface area contributed by atoms with Crippen LogP contribution in [0.3, 0.4) is 0 Å². The molecule has 2 rings (SSSR count). The zero-order chi connectivity index (χ0) is 15.0. The van der Waals surface area contributed by atoms with Crippen molar-refractivity contribution in [2.24, 2.45) is 5.73 Å². The molecule has 2 heterocycles. The minimum Gasteiger partial charge on any atom is -0.378 e. The molecule has 1 atom stereocenters. The first kappa shape index (κ1) is 14.6. The van der Waals surface area contributed by atoms with Gasteiger partial charge < -0.3 is 15.7 Å². The van der Waals surface area contributed by atoms with E-state index in [0.29, 0.717) is 13.0 Å². The summed E-state index contributed by atoms with van der Waals surface area (Å²) in [6, 6.07) is 1.76. The van der Waals surface area contributed by atoms with Gasteiger partial charge in [-0.25, -0.2) is 4.98 Å². The molecular weight excluding hydrogens is 275 g/mol. The molecule has 0 aliphatic carbocycles. The lowest BCUT2D eigenvalue weighted by molar-refractivity contribution is -0.138. The molecule has 0 bridgehead atoms. The van der Waals surface area contributed by atoms with Crippen molar-refractivity contribution in [1.29, 1.82) is 0 Å². The first-order chi connectivity index (χ1) is 9.22. The minimum atomic E-state index is -4.46. The number of alkyl halides is 3. The number of carbonyl (C=O) groups is 1. The number of halogens is 3. The van der Waals surface area contributed by atoms with Crippen molar-refractivity contribution in [2.75, 3.05) is 18.0 Å². The largest absolute Gasteiger partial charge is 0.416 e. The fraction of sp³-hybridized carbons (Fsp3) is 0.500. The van der Waals surface area contributed by atoms with Crippen LogP contribution in [0.2, 0.25) is 0 Å². The Hall–Kier alpha value is -1.83. The van der Waals surface area contributed by atoms with E-state index in [1.165, 1.54) is 4.90 Å². The number of aromatic nitrogens is 1. The molecule has 5 nitrogen and oxygen atoms in total. The van der Waals surface area contributed by atoms with Gasteiger partial charge in [-0.1, -0.05) is 0 Å². The minimum absolute atomic E-state index is 0.0687. The molecular formula is C12H14F3N3O2. The van der Waals surface area contributed by atoms with E-state index in [9.17, 15) is 23.1 Å². The maximum absolute atomic E-state index is 12.6. The molecule has 110 valence electrons. The quantitative estimate of drug-likeness (QED) is 0.848. The predicted molar refractivity (Wildman–Crippen MR) is 64.8 cm³/mol. The number of nitrogens with zero attached hydrogens (tertiary/aromatic N) is 2. The standard InChI is InChI=1S/C12H14F3N3O2/c13-12(14,15)8-2-4-17-9(6-8)18-5-1-3-11(20,7-18)10(16)19/h2,4,6,20H,1,3,5,7H2,(H2,16,19). The SMILES string of the molecule is NC(=O)C1(O)CCCN(c2cc(C(F)(F)F)ccn2)C1. The van der Waals surface area contributed by atoms with Crippen molar-refractivity contribution < 1.29 is 23.1 Å². The zero-order valence-electron chi connectivity index (χ0n) is 10.5. The number of hydrogen-bond acceptors (Lipinski definition) is 4. The normalized spacial score (nSPS) is 23.7. The average Bonchev–Trinajstić information content (AvgIpc) is 2.38. The summed E-state index contributed by atoms with van der Waals surface area (Å²) >= 11 is 0. The number of primary amides is 1. The van der Waals surface area contributed by atoms with Crippen LogP contribution in [0.5, 0.6) is 0 Å². The molecule has 1 aromatic rings. The molecule has 0 aromatic carbocycles. The summed E-state index contributed by atoms with van der Waals surface area (Å²) in [5, 5.41) is 10.0. The second kappa shape index (κ2) is 4.93. The summed E-state index contributed by atoms with van der Waals surface area (Å²) in [5.41, 5.74) is 2.57. The monoisotopic (exact) mass is 289 g/mol. The molecule has 8 heteroatoms. The van der Waals surface area contributed by atoms with E-state index in [-0.39, 0.29) is 18.8 Å². The molecule has 1 amide bonds. The molecule has 1 fully saturated rings. The molecule has 3 N–H and O–H groups in total. The third kappa shape index (κ3) is 2.84. The Labute approximate surface area is 113 Å². The van der Waals surface area contributed by atoms with Crippen LogP contribution < -0.4 is 10.6 Å². The first-order valence-corrected chi connectivity index (χ1v) is 6.03. The van der Waals surface area contributed by atoms with Gasteiger partial charge in [0.15, 0.2) is 5.60 Å². The number of anilines is 1. The van der Waals surface area contributed by atoms with Crippen molar-refractivity contribution in [1.82, 2.24) is 4.98 Å². The highest BCUT2D eigenvalue weighted by Crippen LogP contribution is 2.32. The lowest BCUT2D eigenvalue weighted by Crippen LogP contribution is -2.56. The van der Waals surface area contributed by atoms with Gasteiger partial charge in [0.25, 0.3) is 5.91 Å². The van der Waals surface area contributed by atoms with Crippen LogP contribution in [-0.4, -0.2) is 34.7 Å². The van der Waals surface area contributed by atoms with Gasteiger partial charge in [0, 0.05) is 12.7 Å². The van der Waals surface area contributed by atoms with Crippen molar-refractivity contribution in [3.63, 3.8) is 0 Å². The fourth-order valence-corrected chi connectivity index (χ4v) is 2.20. The third-order valence-corrected chi connectivity index (χ3v) is 3.33. The zero-order valence-corrected chi connectivity index (χ0v) is 10.5. The molecule has 0 spiro atoms. The summed E-state index contributed by atoms with van der Waals surface area (Å²) in [5.74, 6) is -0.812. The summed E-state index contributed by atoms with van der Waals surface area (Å²) in [6.45, 7) is 0.251. The average molecular weight is 289 g/mol. The summed E-state index contributed by atoms with van der Waals surface area (Å²) in [6.07, 6.45) is -2.78. The number of nitrogens with two attached hydrogens (primary N) is 1. The Morgan fingerprint density at radius 1 is 1.50 bits per heavy atom. The van der Waals surface area contributed by atoms with E-state index < -0.39 is 23.2 Å². The van der Waals surface area contributed by atoms with Gasteiger partial charge in [0.05, 0.1) is 12.1 Å². The summed E-state index contributed by atoms with van der Waals surface area (Å²) in [7, 11) is 0. The van der Waals surface area contributed by atoms with E-state index in [2.05, 4.69) is 4.98 Å². The topological polar surface area (TPSA) is 79.5 Å². The smallest absolute Gasteiger partial charge is 0.378 e. The van der Waals surface area contributed by atoms with Gasteiger partial charge in [-0.2, -0.15) is 13.2 Å². The molecule has 0 saturated carbocycles. The highest BCUT2D eigenvalue weighted by molar-refractivity contribution is 5.84. The Morgan fingerprint density at radius 2 is 2.20 bits per heavy atom. The van der Waals surface area contributed by atoms with Crippen LogP contribution >= 0.6 is 0 Å². The number of rotatable bonds is 2. The van der Waals surface area contributed by atoms with E-state index in [1.807, 2.05) is 0 Å². The van der Waals surface area contributed by atoms with Crippen LogP contribution in [-0.2, 0) is 11.0 Å². The second-order valence-electron chi connectivity index (χ2n) is 4.82. The molecule has 20 heavy (non-hydrogen) atoms. The third-order valence-electron chi connectivity index (χ3n) is 3.33. The number of aliphatic hydroxyl groups is 1. The van der Waals surface area contributed by atoms with Gasteiger partial charge in [-0.3, -0.25) is 4.79 Å². The predicted octanol–water partition coefficient (Wildman–Crippen LogP) is 0.917. The fourth-order valence-electron chi connectivity index (χ4n) is 2.20. The Bertz CT molecular complexity index is 521. The summed E-state index contributed by atoms with van der Waals surface area (Å²) < 4.78 is 37.9. The van der Waals surface area contributed by atoms with Gasteiger partial charge in [-0.15, -0.1) is 0 Å². The number of hydrogen-bond donors (Lipinski definition) is 2. The van der Waals surface area contributed by atoms with Crippen molar-refractivity contribution in [3.8, 4) is 0 Å². The number of β-amino-alcohol motifs (C(OH)–C–C–N with tert-alkyl or cyclic N) is 1. The molecule has 1 aliphatic rings. The molecule has 1 unspecified atom stereocenters. The summed E-state index contributed by atoms with van der Waals surface area (Å²) in [4.78, 5) is 16.5. The van der Waals surface area contributed by atoms with E-state index in [4.69, 9.17) is 5.73 Å². The molecule has 1 aliphatic heterocycles. The van der Waals surface area contributed by atoms with E-state index in [0.717, 1.165) is 18.3 Å². The maximum Gasteiger partial charge on any atom is 0.416 e. The number of piperidine rings is 1. The second-order valence-corrected chi connectivity index (χ2v) is 4.82. The van der Waals surface area contributed by atoms with Gasteiger partial charge in [-0.05, 0) is 25.0 Å². The highest BCUT2D eigenvalue weighted by atomic mass is 19.4. The van der Waals surface area contributed by atoms with Crippen LogP contribution in [0, 0.1) is 0 Å². The highest BCUT2D eigenvalue weighted by Gasteiger charge is 2.39. The van der Waals surface area contributed by atoms with E-state index in [1.54, 1.807) is 0 Å².